The largest absolute Gasteiger partial charge is 0.319 e. The zero-order valence-electron chi connectivity index (χ0n) is 10.5. The fraction of sp³-hybridized carbons (Fsp3) is 0.462. The third-order valence-corrected chi connectivity index (χ3v) is 2.69. The van der Waals surface area contributed by atoms with E-state index in [9.17, 15) is 14.9 Å². The zero-order valence-corrected chi connectivity index (χ0v) is 10.5. The highest BCUT2D eigenvalue weighted by molar-refractivity contribution is 5.77. The summed E-state index contributed by atoms with van der Waals surface area (Å²) in [7, 11) is 0. The Morgan fingerprint density at radius 2 is 2.17 bits per heavy atom. The van der Waals surface area contributed by atoms with Gasteiger partial charge in [-0.2, -0.15) is 0 Å². The summed E-state index contributed by atoms with van der Waals surface area (Å²) in [5, 5.41) is 10.7. The number of carbonyl (C=O) groups is 1. The molecule has 0 saturated carbocycles. The van der Waals surface area contributed by atoms with Crippen LogP contribution in [0.15, 0.2) is 36.2 Å². The van der Waals surface area contributed by atoms with Gasteiger partial charge in [0.2, 0.25) is 5.91 Å². The van der Waals surface area contributed by atoms with Crippen molar-refractivity contribution in [3.63, 3.8) is 0 Å². The predicted molar refractivity (Wildman–Crippen MR) is 69.2 cm³/mol. The smallest absolute Gasteiger partial charge is 0.269 e. The number of nitro groups is 1. The topological polar surface area (TPSA) is 63.5 Å². The third kappa shape index (κ3) is 4.53. The molecule has 0 atom stereocenters. The number of allylic oxidation sites excluding steroid dienone is 4. The molecule has 0 unspecified atom stereocenters. The second-order valence-corrected chi connectivity index (χ2v) is 4.09. The van der Waals surface area contributed by atoms with Gasteiger partial charge in [0, 0.05) is 31.3 Å². The van der Waals surface area contributed by atoms with E-state index in [1.807, 2.05) is 0 Å². The molecule has 98 valence electrons. The normalized spacial score (nSPS) is 18.6. The van der Waals surface area contributed by atoms with Crippen molar-refractivity contribution in [3.8, 4) is 0 Å². The van der Waals surface area contributed by atoms with Crippen LogP contribution in [0.5, 0.6) is 0 Å². The third-order valence-electron chi connectivity index (χ3n) is 2.69. The van der Waals surface area contributed by atoms with E-state index in [-0.39, 0.29) is 11.6 Å². The van der Waals surface area contributed by atoms with Gasteiger partial charge in [0.1, 0.15) is 0 Å². The minimum Gasteiger partial charge on any atom is -0.319 e. The molecule has 0 bridgehead atoms. The summed E-state index contributed by atoms with van der Waals surface area (Å²) in [5.41, 5.74) is 0.0102. The van der Waals surface area contributed by atoms with Crippen molar-refractivity contribution >= 4 is 5.91 Å². The van der Waals surface area contributed by atoms with Crippen molar-refractivity contribution in [1.82, 2.24) is 4.90 Å². The van der Waals surface area contributed by atoms with Crippen LogP contribution in [0.1, 0.15) is 32.6 Å². The Bertz CT molecular complexity index is 397. The van der Waals surface area contributed by atoms with Gasteiger partial charge in [0.15, 0.2) is 0 Å². The summed E-state index contributed by atoms with van der Waals surface area (Å²) in [6.45, 7) is 2.42. The second kappa shape index (κ2) is 7.42. The molecule has 0 N–H and O–H groups in total. The summed E-state index contributed by atoms with van der Waals surface area (Å²) in [6.07, 6.45) is 11.2. The number of nitrogens with zero attached hydrogens (tertiary/aromatic N) is 2. The molecule has 18 heavy (non-hydrogen) atoms. The standard InChI is InChI=1S/C13H18N2O3/c1-2-7-12(15(17)18)8-6-11-14-10-5-3-4-9-13(14)16/h2,6-8,11H,3-5,9-10H2,1H3/b7-2-,11-6+,12-8+. The lowest BCUT2D eigenvalue weighted by molar-refractivity contribution is -0.419. The highest BCUT2D eigenvalue weighted by Gasteiger charge is 2.13. The van der Waals surface area contributed by atoms with Crippen molar-refractivity contribution in [2.45, 2.75) is 32.6 Å². The van der Waals surface area contributed by atoms with Gasteiger partial charge in [-0.1, -0.05) is 12.5 Å². The number of hydrogen-bond acceptors (Lipinski definition) is 3. The number of hydrogen-bond donors (Lipinski definition) is 0. The van der Waals surface area contributed by atoms with Crippen LogP contribution in [0.2, 0.25) is 0 Å². The van der Waals surface area contributed by atoms with Gasteiger partial charge in [0.25, 0.3) is 5.70 Å². The lowest BCUT2D eigenvalue weighted by Crippen LogP contribution is -2.24. The Balaban J connectivity index is 2.69. The molecule has 0 aliphatic carbocycles. The summed E-state index contributed by atoms with van der Waals surface area (Å²) >= 11 is 0. The monoisotopic (exact) mass is 250 g/mol. The number of carbonyl (C=O) groups excluding carboxylic acids is 1. The fourth-order valence-electron chi connectivity index (χ4n) is 1.75. The van der Waals surface area contributed by atoms with Crippen LogP contribution in [-0.4, -0.2) is 22.3 Å². The molecule has 1 amide bonds. The van der Waals surface area contributed by atoms with E-state index >= 15 is 0 Å². The molecule has 0 aromatic rings. The van der Waals surface area contributed by atoms with Crippen LogP contribution in [0, 0.1) is 10.1 Å². The van der Waals surface area contributed by atoms with Crippen molar-refractivity contribution in [2.24, 2.45) is 0 Å². The van der Waals surface area contributed by atoms with Gasteiger partial charge in [-0.3, -0.25) is 14.9 Å². The Morgan fingerprint density at radius 1 is 1.39 bits per heavy atom. The summed E-state index contributed by atoms with van der Waals surface area (Å²) in [4.78, 5) is 23.5. The first-order chi connectivity index (χ1) is 8.65. The Hall–Kier alpha value is -1.91. The van der Waals surface area contributed by atoms with Crippen molar-refractivity contribution in [3.05, 3.63) is 46.3 Å². The van der Waals surface area contributed by atoms with Crippen molar-refractivity contribution in [1.29, 1.82) is 0 Å². The fourth-order valence-corrected chi connectivity index (χ4v) is 1.75. The lowest BCUT2D eigenvalue weighted by Gasteiger charge is -2.14. The van der Waals surface area contributed by atoms with E-state index in [0.29, 0.717) is 13.0 Å². The van der Waals surface area contributed by atoms with E-state index in [0.717, 1.165) is 19.3 Å². The maximum absolute atomic E-state index is 11.7. The Morgan fingerprint density at radius 3 is 2.83 bits per heavy atom. The molecule has 0 aromatic heterocycles. The molecule has 1 aliphatic rings. The molecular formula is C13H18N2O3. The van der Waals surface area contributed by atoms with E-state index in [1.54, 1.807) is 30.2 Å². The van der Waals surface area contributed by atoms with E-state index in [1.165, 1.54) is 12.2 Å². The summed E-state index contributed by atoms with van der Waals surface area (Å²) < 4.78 is 0. The Kier molecular flexibility index (Phi) is 5.84. The maximum Gasteiger partial charge on any atom is 0.269 e. The number of likely N-dealkylation sites (tertiary alicyclic amines) is 1. The Labute approximate surface area is 107 Å². The minimum atomic E-state index is -0.450. The zero-order chi connectivity index (χ0) is 13.4. The minimum absolute atomic E-state index is 0.0102. The van der Waals surface area contributed by atoms with Gasteiger partial charge >= 0.3 is 0 Å². The van der Waals surface area contributed by atoms with Crippen LogP contribution >= 0.6 is 0 Å². The molecule has 5 heteroatoms. The molecule has 5 nitrogen and oxygen atoms in total. The molecule has 1 rings (SSSR count). The van der Waals surface area contributed by atoms with E-state index < -0.39 is 4.92 Å². The molecule has 1 aliphatic heterocycles. The van der Waals surface area contributed by atoms with Crippen molar-refractivity contribution < 1.29 is 9.72 Å². The number of amides is 1. The quantitative estimate of drug-likeness (QED) is 0.437. The van der Waals surface area contributed by atoms with Crippen LogP contribution < -0.4 is 0 Å². The lowest BCUT2D eigenvalue weighted by atomic mass is 10.2. The van der Waals surface area contributed by atoms with Gasteiger partial charge in [0.05, 0.1) is 4.92 Å². The average Bonchev–Trinajstić information content (AvgIpc) is 2.53. The highest BCUT2D eigenvalue weighted by Crippen LogP contribution is 2.11. The first-order valence-electron chi connectivity index (χ1n) is 6.10. The highest BCUT2D eigenvalue weighted by atomic mass is 16.6. The average molecular weight is 250 g/mol. The van der Waals surface area contributed by atoms with Crippen LogP contribution in [-0.2, 0) is 4.79 Å². The first-order valence-corrected chi connectivity index (χ1v) is 6.10. The molecule has 1 saturated heterocycles. The van der Waals surface area contributed by atoms with Gasteiger partial charge < -0.3 is 4.90 Å². The molecule has 1 fully saturated rings. The summed E-state index contributed by atoms with van der Waals surface area (Å²) in [5.74, 6) is 0.0887. The molecule has 0 aromatic carbocycles. The van der Waals surface area contributed by atoms with Crippen molar-refractivity contribution in [2.75, 3.05) is 6.54 Å². The molecular weight excluding hydrogens is 232 g/mol. The maximum atomic E-state index is 11.7. The summed E-state index contributed by atoms with van der Waals surface area (Å²) in [6, 6.07) is 0. The first kappa shape index (κ1) is 14.2. The number of rotatable bonds is 4. The second-order valence-electron chi connectivity index (χ2n) is 4.09. The van der Waals surface area contributed by atoms with Gasteiger partial charge in [-0.15, -0.1) is 0 Å². The molecule has 0 radical (unpaired) electrons. The van der Waals surface area contributed by atoms with Gasteiger partial charge in [-0.25, -0.2) is 0 Å². The van der Waals surface area contributed by atoms with E-state index in [4.69, 9.17) is 0 Å². The van der Waals surface area contributed by atoms with Crippen LogP contribution in [0.3, 0.4) is 0 Å². The predicted octanol–water partition coefficient (Wildman–Crippen LogP) is 2.64. The van der Waals surface area contributed by atoms with E-state index in [2.05, 4.69) is 0 Å². The SMILES string of the molecule is C\C=C/C(=C\C=C\N1CCCCCC1=O)[N+](=O)[O-]. The van der Waals surface area contributed by atoms with Gasteiger partial charge in [-0.05, 0) is 25.8 Å². The molecule has 0 spiro atoms. The molecule has 1 heterocycles. The van der Waals surface area contributed by atoms with Crippen LogP contribution in [0.25, 0.3) is 0 Å². The van der Waals surface area contributed by atoms with Crippen LogP contribution in [0.4, 0.5) is 0 Å².